The van der Waals surface area contributed by atoms with Crippen molar-refractivity contribution >= 4 is 21.9 Å². The van der Waals surface area contributed by atoms with Gasteiger partial charge in [-0.05, 0) is 6.92 Å². The molecule has 1 aromatic rings. The third-order valence-electron chi connectivity index (χ3n) is 3.07. The van der Waals surface area contributed by atoms with Gasteiger partial charge >= 0.3 is 5.97 Å². The molecule has 1 aliphatic heterocycles. The van der Waals surface area contributed by atoms with Gasteiger partial charge in [0, 0.05) is 6.54 Å². The molecule has 21 heavy (non-hydrogen) atoms. The van der Waals surface area contributed by atoms with Crippen molar-refractivity contribution in [3.8, 4) is 0 Å². The highest BCUT2D eigenvalue weighted by atomic mass is 32.2. The number of carboxylic acids is 1. The number of morpholine rings is 1. The number of aryl methyl sites for hydroxylation is 1. The first-order valence-corrected chi connectivity index (χ1v) is 7.38. The molecule has 1 amide bonds. The Labute approximate surface area is 119 Å². The van der Waals surface area contributed by atoms with Crippen molar-refractivity contribution in [3.63, 3.8) is 0 Å². The molecule has 0 radical (unpaired) electrons. The molecule has 10 nitrogen and oxygen atoms in total. The number of nitrogens with one attached hydrogen (secondary N) is 1. The van der Waals surface area contributed by atoms with Crippen LogP contribution in [0.25, 0.3) is 0 Å². The summed E-state index contributed by atoms with van der Waals surface area (Å²) in [4.78, 5) is 22.0. The number of carboxylic acid groups (broad SMARTS) is 1. The molecule has 1 aliphatic rings. The van der Waals surface area contributed by atoms with E-state index in [0.29, 0.717) is 0 Å². The Morgan fingerprint density at radius 1 is 1.52 bits per heavy atom. The molecule has 0 saturated carbocycles. The second kappa shape index (κ2) is 5.42. The number of nitrogens with two attached hydrogens (primary N) is 1. The molecule has 4 N–H and O–H groups in total. The lowest BCUT2D eigenvalue weighted by molar-refractivity contribution is -0.125. The Morgan fingerprint density at radius 2 is 2.19 bits per heavy atom. The highest BCUT2D eigenvalue weighted by Gasteiger charge is 2.41. The second-order valence-electron chi connectivity index (χ2n) is 4.44. The van der Waals surface area contributed by atoms with E-state index in [1.54, 1.807) is 0 Å². The van der Waals surface area contributed by atoms with Crippen LogP contribution in [0.3, 0.4) is 0 Å². The number of carbonyl (C=O) groups excluding carboxylic acids is 1. The van der Waals surface area contributed by atoms with E-state index in [-0.39, 0.29) is 25.5 Å². The van der Waals surface area contributed by atoms with E-state index in [1.165, 1.54) is 6.92 Å². The molecule has 1 fully saturated rings. The predicted molar refractivity (Wildman–Crippen MR) is 68.0 cm³/mol. The van der Waals surface area contributed by atoms with E-state index >= 15 is 0 Å². The number of aromatic nitrogens is 2. The summed E-state index contributed by atoms with van der Waals surface area (Å²) in [6.45, 7) is 1.20. The second-order valence-corrected chi connectivity index (χ2v) is 6.27. The fourth-order valence-corrected chi connectivity index (χ4v) is 3.96. The molecule has 1 aromatic heterocycles. The van der Waals surface area contributed by atoms with Gasteiger partial charge in [-0.25, -0.2) is 13.2 Å². The summed E-state index contributed by atoms with van der Waals surface area (Å²) in [6, 6.07) is -1.18. The Bertz CT molecular complexity index is 682. The number of amides is 1. The van der Waals surface area contributed by atoms with Crippen LogP contribution in [-0.2, 0) is 19.6 Å². The topological polar surface area (TPSA) is 156 Å². The van der Waals surface area contributed by atoms with Gasteiger partial charge in [-0.2, -0.15) is 9.40 Å². The largest absolute Gasteiger partial charge is 0.476 e. The molecule has 2 heterocycles. The van der Waals surface area contributed by atoms with Gasteiger partial charge < -0.3 is 15.6 Å². The van der Waals surface area contributed by atoms with Crippen molar-refractivity contribution in [1.29, 1.82) is 0 Å². The number of aromatic amines is 1. The van der Waals surface area contributed by atoms with Crippen LogP contribution in [0, 0.1) is 6.92 Å². The van der Waals surface area contributed by atoms with E-state index in [4.69, 9.17) is 15.6 Å². The van der Waals surface area contributed by atoms with Crippen LogP contribution in [0.5, 0.6) is 0 Å². The van der Waals surface area contributed by atoms with Crippen LogP contribution < -0.4 is 5.73 Å². The minimum Gasteiger partial charge on any atom is -0.476 e. The lowest BCUT2D eigenvalue weighted by atomic mass is 10.3. The predicted octanol–water partition coefficient (Wildman–Crippen LogP) is -1.71. The van der Waals surface area contributed by atoms with Crippen LogP contribution in [0.4, 0.5) is 0 Å². The molecule has 1 unspecified atom stereocenters. The fourth-order valence-electron chi connectivity index (χ4n) is 2.10. The normalized spacial score (nSPS) is 20.3. The van der Waals surface area contributed by atoms with Gasteiger partial charge in [-0.3, -0.25) is 9.89 Å². The zero-order valence-electron chi connectivity index (χ0n) is 11.1. The van der Waals surface area contributed by atoms with E-state index in [1.807, 2.05) is 0 Å². The molecule has 1 saturated heterocycles. The van der Waals surface area contributed by atoms with Crippen LogP contribution in [0.15, 0.2) is 4.90 Å². The molecule has 2 rings (SSSR count). The third-order valence-corrected chi connectivity index (χ3v) is 5.14. The average Bonchev–Trinajstić information content (AvgIpc) is 2.81. The summed E-state index contributed by atoms with van der Waals surface area (Å²) in [5.41, 5.74) is 4.63. The first-order chi connectivity index (χ1) is 9.76. The zero-order chi connectivity index (χ0) is 15.8. The van der Waals surface area contributed by atoms with Crippen molar-refractivity contribution in [1.82, 2.24) is 14.5 Å². The van der Waals surface area contributed by atoms with Gasteiger partial charge in [0.25, 0.3) is 0 Å². The SMILES string of the molecule is Cc1[nH]nc(C(=O)O)c1S(=O)(=O)N1CCOCC1C(N)=O. The van der Waals surface area contributed by atoms with E-state index < -0.39 is 38.5 Å². The third kappa shape index (κ3) is 2.62. The molecule has 0 aromatic carbocycles. The minimum absolute atomic E-state index is 0.0714. The Hall–Kier alpha value is -1.98. The number of primary amides is 1. The Balaban J connectivity index is 2.53. The number of sulfonamides is 1. The summed E-state index contributed by atoms with van der Waals surface area (Å²) in [5, 5.41) is 14.8. The molecule has 0 aliphatic carbocycles. The molecule has 0 spiro atoms. The van der Waals surface area contributed by atoms with E-state index in [0.717, 1.165) is 4.31 Å². The van der Waals surface area contributed by atoms with Gasteiger partial charge in [0.1, 0.15) is 10.9 Å². The summed E-state index contributed by atoms with van der Waals surface area (Å²) >= 11 is 0. The number of nitrogens with zero attached hydrogens (tertiary/aromatic N) is 2. The van der Waals surface area contributed by atoms with Crippen LogP contribution in [-0.4, -0.2) is 65.7 Å². The summed E-state index contributed by atoms with van der Waals surface area (Å²) in [5.74, 6) is -2.35. The van der Waals surface area contributed by atoms with Gasteiger partial charge in [-0.15, -0.1) is 0 Å². The van der Waals surface area contributed by atoms with Crippen molar-refractivity contribution in [2.75, 3.05) is 19.8 Å². The number of aromatic carboxylic acids is 1. The maximum atomic E-state index is 12.6. The number of ether oxygens (including phenoxy) is 1. The average molecular weight is 318 g/mol. The lowest BCUT2D eigenvalue weighted by Gasteiger charge is -2.32. The quantitative estimate of drug-likeness (QED) is 0.596. The molecule has 0 bridgehead atoms. The molecule has 11 heteroatoms. The highest BCUT2D eigenvalue weighted by Crippen LogP contribution is 2.25. The first-order valence-electron chi connectivity index (χ1n) is 5.94. The summed E-state index contributed by atoms with van der Waals surface area (Å²) in [7, 11) is -4.24. The fraction of sp³-hybridized carbons (Fsp3) is 0.500. The lowest BCUT2D eigenvalue weighted by Crippen LogP contribution is -2.54. The molecular formula is C10H14N4O6S. The number of H-pyrrole nitrogens is 1. The Morgan fingerprint density at radius 3 is 2.76 bits per heavy atom. The van der Waals surface area contributed by atoms with Crippen molar-refractivity contribution in [3.05, 3.63) is 11.4 Å². The van der Waals surface area contributed by atoms with Crippen LogP contribution in [0.1, 0.15) is 16.2 Å². The first kappa shape index (κ1) is 15.4. The van der Waals surface area contributed by atoms with Crippen LogP contribution in [0.2, 0.25) is 0 Å². The maximum absolute atomic E-state index is 12.6. The van der Waals surface area contributed by atoms with Gasteiger partial charge in [0.2, 0.25) is 15.9 Å². The zero-order valence-corrected chi connectivity index (χ0v) is 11.9. The minimum atomic E-state index is -4.24. The Kier molecular flexibility index (Phi) is 3.98. The van der Waals surface area contributed by atoms with E-state index in [9.17, 15) is 18.0 Å². The maximum Gasteiger partial charge on any atom is 0.357 e. The van der Waals surface area contributed by atoms with Gasteiger partial charge in [-0.1, -0.05) is 0 Å². The van der Waals surface area contributed by atoms with Crippen molar-refractivity contribution in [2.24, 2.45) is 5.73 Å². The number of hydrogen-bond acceptors (Lipinski definition) is 6. The molecule has 116 valence electrons. The monoisotopic (exact) mass is 318 g/mol. The van der Waals surface area contributed by atoms with Gasteiger partial charge in [0.15, 0.2) is 5.69 Å². The smallest absolute Gasteiger partial charge is 0.357 e. The van der Waals surface area contributed by atoms with Crippen molar-refractivity contribution < 1.29 is 27.9 Å². The summed E-state index contributed by atoms with van der Waals surface area (Å²) in [6.07, 6.45) is 0. The van der Waals surface area contributed by atoms with E-state index in [2.05, 4.69) is 10.2 Å². The number of hydrogen-bond donors (Lipinski definition) is 3. The number of carbonyl (C=O) groups is 2. The number of rotatable bonds is 4. The van der Waals surface area contributed by atoms with Crippen molar-refractivity contribution in [2.45, 2.75) is 17.9 Å². The standard InChI is InChI=1S/C10H14N4O6S/c1-5-8(7(10(16)17)13-12-5)21(18,19)14-2-3-20-4-6(14)9(11)15/h6H,2-4H2,1H3,(H2,11,15)(H,12,13)(H,16,17). The summed E-state index contributed by atoms with van der Waals surface area (Å²) < 4.78 is 31.2. The van der Waals surface area contributed by atoms with Crippen LogP contribution >= 0.6 is 0 Å². The highest BCUT2D eigenvalue weighted by molar-refractivity contribution is 7.89. The molecular weight excluding hydrogens is 304 g/mol. The molecule has 1 atom stereocenters. The van der Waals surface area contributed by atoms with Gasteiger partial charge in [0.05, 0.1) is 18.9 Å².